The van der Waals surface area contributed by atoms with E-state index < -0.39 is 0 Å². The smallest absolute Gasteiger partial charge is 0.308 e. The number of benzene rings is 2. The lowest BCUT2D eigenvalue weighted by molar-refractivity contribution is -0.131. The average Bonchev–Trinajstić information content (AvgIpc) is 2.67. The van der Waals surface area contributed by atoms with Crippen LogP contribution >= 0.6 is 0 Å². The van der Waals surface area contributed by atoms with Gasteiger partial charge in [0.25, 0.3) is 0 Å². The minimum atomic E-state index is -0.277. The van der Waals surface area contributed by atoms with Gasteiger partial charge in [0.15, 0.2) is 0 Å². The van der Waals surface area contributed by atoms with E-state index in [-0.39, 0.29) is 17.0 Å². The molecule has 0 N–H and O–H groups in total. The van der Waals surface area contributed by atoms with E-state index in [4.69, 9.17) is 9.47 Å². The Hall–Kier alpha value is -2.29. The van der Waals surface area contributed by atoms with Crippen molar-refractivity contribution in [3.63, 3.8) is 0 Å². The molecule has 0 saturated carbocycles. The number of carbonyl (C=O) groups excluding carboxylic acids is 1. The van der Waals surface area contributed by atoms with Crippen molar-refractivity contribution in [1.82, 2.24) is 0 Å². The minimum absolute atomic E-state index is 0.123. The van der Waals surface area contributed by atoms with Gasteiger partial charge in [-0.3, -0.25) is 4.79 Å². The highest BCUT2D eigenvalue weighted by atomic mass is 16.5. The normalized spacial score (nSPS) is 12.4. The SMILES string of the molecule is CCC(C)(C)c1ccc(OC(C)(C)C)cc1.CCC(C)c1ccc(OC(C)=O)cc1. The van der Waals surface area contributed by atoms with Crippen LogP contribution in [0.5, 0.6) is 11.5 Å². The molecule has 3 heteroatoms. The summed E-state index contributed by atoms with van der Waals surface area (Å²) in [4.78, 5) is 10.7. The van der Waals surface area contributed by atoms with Crippen LogP contribution in [-0.4, -0.2) is 11.6 Å². The molecule has 2 rings (SSSR count). The van der Waals surface area contributed by atoms with Crippen LogP contribution in [0.25, 0.3) is 0 Å². The highest BCUT2D eigenvalue weighted by molar-refractivity contribution is 5.69. The molecule has 0 aliphatic carbocycles. The summed E-state index contributed by atoms with van der Waals surface area (Å²) in [5, 5.41) is 0. The van der Waals surface area contributed by atoms with Gasteiger partial charge in [0.05, 0.1) is 0 Å². The van der Waals surface area contributed by atoms with E-state index in [2.05, 4.69) is 79.7 Å². The zero-order valence-electron chi connectivity index (χ0n) is 20.3. The van der Waals surface area contributed by atoms with Crippen LogP contribution in [0.15, 0.2) is 48.5 Å². The van der Waals surface area contributed by atoms with Gasteiger partial charge in [-0.05, 0) is 80.3 Å². The van der Waals surface area contributed by atoms with Crippen LogP contribution in [0, 0.1) is 0 Å². The number of esters is 1. The quantitative estimate of drug-likeness (QED) is 0.360. The van der Waals surface area contributed by atoms with Gasteiger partial charge in [-0.25, -0.2) is 0 Å². The fraction of sp³-hybridized carbons (Fsp3) is 0.519. The highest BCUT2D eigenvalue weighted by Crippen LogP contribution is 2.29. The second-order valence-corrected chi connectivity index (χ2v) is 9.45. The van der Waals surface area contributed by atoms with Crippen molar-refractivity contribution < 1.29 is 14.3 Å². The predicted octanol–water partition coefficient (Wildman–Crippen LogP) is 7.68. The van der Waals surface area contributed by atoms with Crippen molar-refractivity contribution in [3.05, 3.63) is 59.7 Å². The Balaban J connectivity index is 0.000000303. The van der Waals surface area contributed by atoms with Gasteiger partial charge in [0.1, 0.15) is 17.1 Å². The van der Waals surface area contributed by atoms with E-state index in [0.717, 1.165) is 18.6 Å². The monoisotopic (exact) mass is 412 g/mol. The predicted molar refractivity (Wildman–Crippen MR) is 127 cm³/mol. The molecule has 0 aliphatic rings. The molecule has 1 atom stereocenters. The van der Waals surface area contributed by atoms with Crippen molar-refractivity contribution in [2.45, 2.75) is 92.1 Å². The molecule has 0 heterocycles. The van der Waals surface area contributed by atoms with Crippen molar-refractivity contribution >= 4 is 5.97 Å². The Labute approximate surface area is 183 Å². The van der Waals surface area contributed by atoms with Gasteiger partial charge in [-0.1, -0.05) is 58.9 Å². The molecule has 0 fully saturated rings. The van der Waals surface area contributed by atoms with Crippen molar-refractivity contribution in [2.24, 2.45) is 0 Å². The molecule has 30 heavy (non-hydrogen) atoms. The Morgan fingerprint density at radius 3 is 1.77 bits per heavy atom. The summed E-state index contributed by atoms with van der Waals surface area (Å²) in [5.74, 6) is 1.84. The summed E-state index contributed by atoms with van der Waals surface area (Å²) in [5.41, 5.74) is 2.78. The van der Waals surface area contributed by atoms with Gasteiger partial charge in [0.2, 0.25) is 0 Å². The molecule has 0 spiro atoms. The van der Waals surface area contributed by atoms with E-state index in [9.17, 15) is 4.79 Å². The van der Waals surface area contributed by atoms with E-state index in [1.165, 1.54) is 18.1 Å². The summed E-state index contributed by atoms with van der Waals surface area (Å²) in [6, 6.07) is 16.2. The Morgan fingerprint density at radius 1 is 0.867 bits per heavy atom. The standard InChI is InChI=1S/C15H24O.C12H16O2/c1-7-15(5,6)12-8-10-13(11-9-12)16-14(2,3)4;1-4-9(2)11-5-7-12(8-6-11)14-10(3)13/h8-11H,7H2,1-6H3;5-9H,4H2,1-3H3. The molecule has 3 nitrogen and oxygen atoms in total. The summed E-state index contributed by atoms with van der Waals surface area (Å²) >= 11 is 0. The Morgan fingerprint density at radius 2 is 1.37 bits per heavy atom. The van der Waals surface area contributed by atoms with Crippen molar-refractivity contribution in [2.75, 3.05) is 0 Å². The maximum Gasteiger partial charge on any atom is 0.308 e. The highest BCUT2D eigenvalue weighted by Gasteiger charge is 2.18. The average molecular weight is 413 g/mol. The summed E-state index contributed by atoms with van der Waals surface area (Å²) < 4.78 is 10.7. The van der Waals surface area contributed by atoms with E-state index in [0.29, 0.717) is 11.7 Å². The molecular formula is C27H40O3. The second kappa shape index (κ2) is 11.2. The van der Waals surface area contributed by atoms with Crippen LogP contribution in [0.2, 0.25) is 0 Å². The third-order valence-corrected chi connectivity index (χ3v) is 5.27. The molecule has 0 aliphatic heterocycles. The molecular weight excluding hydrogens is 372 g/mol. The maximum absolute atomic E-state index is 10.7. The van der Waals surface area contributed by atoms with E-state index in [1.807, 2.05) is 24.3 Å². The van der Waals surface area contributed by atoms with Crippen LogP contribution in [0.4, 0.5) is 0 Å². The minimum Gasteiger partial charge on any atom is -0.488 e. The van der Waals surface area contributed by atoms with E-state index >= 15 is 0 Å². The molecule has 2 aromatic rings. The van der Waals surface area contributed by atoms with Crippen molar-refractivity contribution in [1.29, 1.82) is 0 Å². The summed E-state index contributed by atoms with van der Waals surface area (Å²) in [6.45, 7) is 18.7. The van der Waals surface area contributed by atoms with Gasteiger partial charge < -0.3 is 9.47 Å². The zero-order valence-corrected chi connectivity index (χ0v) is 20.3. The first-order chi connectivity index (χ1) is 13.9. The third kappa shape index (κ3) is 9.02. The third-order valence-electron chi connectivity index (χ3n) is 5.27. The first-order valence-electron chi connectivity index (χ1n) is 11.0. The number of hydrogen-bond acceptors (Lipinski definition) is 3. The number of rotatable bonds is 6. The number of ether oxygens (including phenoxy) is 2. The largest absolute Gasteiger partial charge is 0.488 e. The lowest BCUT2D eigenvalue weighted by Gasteiger charge is -2.25. The van der Waals surface area contributed by atoms with E-state index in [1.54, 1.807) is 0 Å². The van der Waals surface area contributed by atoms with Crippen LogP contribution in [0.1, 0.15) is 92.2 Å². The molecule has 0 radical (unpaired) electrons. The topological polar surface area (TPSA) is 35.5 Å². The zero-order chi connectivity index (χ0) is 22.9. The lowest BCUT2D eigenvalue weighted by Crippen LogP contribution is -2.23. The molecule has 0 amide bonds. The van der Waals surface area contributed by atoms with Gasteiger partial charge in [0, 0.05) is 6.92 Å². The Kier molecular flexibility index (Phi) is 9.61. The van der Waals surface area contributed by atoms with Crippen molar-refractivity contribution in [3.8, 4) is 11.5 Å². The van der Waals surface area contributed by atoms with Crippen LogP contribution in [-0.2, 0) is 10.2 Å². The van der Waals surface area contributed by atoms with Gasteiger partial charge >= 0.3 is 5.97 Å². The fourth-order valence-corrected chi connectivity index (χ4v) is 2.80. The molecule has 2 aromatic carbocycles. The number of hydrogen-bond donors (Lipinski definition) is 0. The molecule has 1 unspecified atom stereocenters. The summed E-state index contributed by atoms with van der Waals surface area (Å²) in [7, 11) is 0. The van der Waals surface area contributed by atoms with Gasteiger partial charge in [-0.15, -0.1) is 0 Å². The Bertz CT molecular complexity index is 765. The van der Waals surface area contributed by atoms with Gasteiger partial charge in [-0.2, -0.15) is 0 Å². The second-order valence-electron chi connectivity index (χ2n) is 9.45. The van der Waals surface area contributed by atoms with Crippen LogP contribution < -0.4 is 9.47 Å². The maximum atomic E-state index is 10.7. The first kappa shape index (κ1) is 25.7. The molecule has 166 valence electrons. The molecule has 0 bridgehead atoms. The number of carbonyl (C=O) groups is 1. The first-order valence-corrected chi connectivity index (χ1v) is 11.0. The molecule has 0 saturated heterocycles. The summed E-state index contributed by atoms with van der Waals surface area (Å²) in [6.07, 6.45) is 2.26. The van der Waals surface area contributed by atoms with Crippen LogP contribution in [0.3, 0.4) is 0 Å². The lowest BCUT2D eigenvalue weighted by atomic mass is 9.82. The fourth-order valence-electron chi connectivity index (χ4n) is 2.80. The molecule has 0 aromatic heterocycles.